The summed E-state index contributed by atoms with van der Waals surface area (Å²) >= 11 is 0. The quantitative estimate of drug-likeness (QED) is 0.779. The van der Waals surface area contributed by atoms with Crippen LogP contribution in [0.1, 0.15) is 50.8 Å². The van der Waals surface area contributed by atoms with E-state index in [1.54, 1.807) is 0 Å². The molecule has 1 aromatic rings. The maximum absolute atomic E-state index is 5.83. The number of rotatable bonds is 8. The summed E-state index contributed by atoms with van der Waals surface area (Å²) < 4.78 is 5.83. The summed E-state index contributed by atoms with van der Waals surface area (Å²) in [5.74, 6) is 1.37. The van der Waals surface area contributed by atoms with Crippen LogP contribution in [0.25, 0.3) is 0 Å². The van der Waals surface area contributed by atoms with Crippen LogP contribution in [0.2, 0.25) is 0 Å². The van der Waals surface area contributed by atoms with Crippen LogP contribution in [0.4, 0.5) is 0 Å². The zero-order valence-corrected chi connectivity index (χ0v) is 12.4. The molecule has 1 N–H and O–H groups in total. The van der Waals surface area contributed by atoms with Crippen LogP contribution in [0.5, 0.6) is 5.88 Å². The highest BCUT2D eigenvalue weighted by Crippen LogP contribution is 2.20. The molecule has 1 aromatic heterocycles. The highest BCUT2D eigenvalue weighted by atomic mass is 16.5. The van der Waals surface area contributed by atoms with E-state index in [4.69, 9.17) is 4.74 Å². The minimum absolute atomic E-state index is 0.598. The Morgan fingerprint density at radius 3 is 2.89 bits per heavy atom. The smallest absolute Gasteiger partial charge is 0.213 e. The highest BCUT2D eigenvalue weighted by Gasteiger charge is 2.20. The summed E-state index contributed by atoms with van der Waals surface area (Å²) in [6, 6.07) is 4.95. The van der Waals surface area contributed by atoms with Gasteiger partial charge < -0.3 is 10.1 Å². The molecule has 2 rings (SSSR count). The third-order valence-corrected chi connectivity index (χ3v) is 3.46. The molecule has 0 aliphatic heterocycles. The van der Waals surface area contributed by atoms with Gasteiger partial charge in [0, 0.05) is 24.3 Å². The van der Waals surface area contributed by atoms with E-state index in [2.05, 4.69) is 36.3 Å². The average Bonchev–Trinajstić information content (AvgIpc) is 3.18. The lowest BCUT2D eigenvalue weighted by atomic mass is 10.1. The van der Waals surface area contributed by atoms with Gasteiger partial charge in [-0.25, -0.2) is 4.98 Å². The summed E-state index contributed by atoms with van der Waals surface area (Å²) in [6.45, 7) is 8.16. The first-order valence-corrected chi connectivity index (χ1v) is 7.51. The zero-order chi connectivity index (χ0) is 13.7. The SMILES string of the molecule is CCCC(C)COc1cc(CNC2CC2)cc(C)n1. The molecule has 1 atom stereocenters. The Morgan fingerprint density at radius 1 is 1.42 bits per heavy atom. The molecule has 3 nitrogen and oxygen atoms in total. The van der Waals surface area contributed by atoms with Gasteiger partial charge in [-0.1, -0.05) is 20.3 Å². The Balaban J connectivity index is 1.87. The third kappa shape index (κ3) is 5.19. The Bertz CT molecular complexity index is 402. The summed E-state index contributed by atoms with van der Waals surface area (Å²) in [5.41, 5.74) is 2.31. The standard InChI is InChI=1S/C16H26N2O/c1-4-5-12(2)11-19-16-9-14(8-13(3)18-16)10-17-15-6-7-15/h8-9,12,15,17H,4-7,10-11H2,1-3H3. The van der Waals surface area contributed by atoms with Crippen molar-refractivity contribution < 1.29 is 4.74 Å². The predicted octanol–water partition coefficient (Wildman–Crippen LogP) is 3.46. The molecule has 106 valence electrons. The van der Waals surface area contributed by atoms with Crippen molar-refractivity contribution in [1.29, 1.82) is 0 Å². The lowest BCUT2D eigenvalue weighted by Gasteiger charge is -2.13. The second-order valence-corrected chi connectivity index (χ2v) is 5.82. The van der Waals surface area contributed by atoms with Crippen LogP contribution in [0.15, 0.2) is 12.1 Å². The molecule has 0 saturated heterocycles. The van der Waals surface area contributed by atoms with E-state index in [9.17, 15) is 0 Å². The van der Waals surface area contributed by atoms with E-state index in [0.29, 0.717) is 5.92 Å². The molecular formula is C16H26N2O. The van der Waals surface area contributed by atoms with Crippen molar-refractivity contribution in [1.82, 2.24) is 10.3 Å². The van der Waals surface area contributed by atoms with Gasteiger partial charge in [0.15, 0.2) is 0 Å². The summed E-state index contributed by atoms with van der Waals surface area (Å²) in [5, 5.41) is 3.53. The average molecular weight is 262 g/mol. The monoisotopic (exact) mass is 262 g/mol. The molecule has 1 fully saturated rings. The molecule has 0 bridgehead atoms. The Kier molecular flexibility index (Phi) is 5.20. The normalized spacial score (nSPS) is 16.4. The van der Waals surface area contributed by atoms with Crippen molar-refractivity contribution in [3.63, 3.8) is 0 Å². The van der Waals surface area contributed by atoms with Crippen LogP contribution in [-0.4, -0.2) is 17.6 Å². The second-order valence-electron chi connectivity index (χ2n) is 5.82. The van der Waals surface area contributed by atoms with Crippen LogP contribution >= 0.6 is 0 Å². The highest BCUT2D eigenvalue weighted by molar-refractivity contribution is 5.24. The molecule has 1 heterocycles. The zero-order valence-electron chi connectivity index (χ0n) is 12.4. The van der Waals surface area contributed by atoms with Crippen LogP contribution in [0, 0.1) is 12.8 Å². The summed E-state index contributed by atoms with van der Waals surface area (Å²) in [6.07, 6.45) is 5.06. The summed E-state index contributed by atoms with van der Waals surface area (Å²) in [4.78, 5) is 4.46. The Labute approximate surface area is 116 Å². The third-order valence-electron chi connectivity index (χ3n) is 3.46. The van der Waals surface area contributed by atoms with Crippen molar-refractivity contribution in [2.75, 3.05) is 6.61 Å². The van der Waals surface area contributed by atoms with Crippen molar-refractivity contribution in [3.8, 4) is 5.88 Å². The fourth-order valence-corrected chi connectivity index (χ4v) is 2.24. The van der Waals surface area contributed by atoms with Gasteiger partial charge in [0.05, 0.1) is 6.61 Å². The number of pyridine rings is 1. The predicted molar refractivity (Wildman–Crippen MR) is 78.4 cm³/mol. The lowest BCUT2D eigenvalue weighted by Crippen LogP contribution is -2.16. The molecule has 0 amide bonds. The molecule has 0 aromatic carbocycles. The van der Waals surface area contributed by atoms with E-state index in [-0.39, 0.29) is 0 Å². The van der Waals surface area contributed by atoms with Crippen molar-refractivity contribution in [2.45, 2.75) is 59.0 Å². The van der Waals surface area contributed by atoms with Crippen molar-refractivity contribution >= 4 is 0 Å². The first-order valence-electron chi connectivity index (χ1n) is 7.51. The van der Waals surface area contributed by atoms with Gasteiger partial charge in [-0.3, -0.25) is 0 Å². The molecule has 1 aliphatic carbocycles. The van der Waals surface area contributed by atoms with Gasteiger partial charge in [-0.15, -0.1) is 0 Å². The van der Waals surface area contributed by atoms with E-state index < -0.39 is 0 Å². The molecule has 1 saturated carbocycles. The molecule has 3 heteroatoms. The largest absolute Gasteiger partial charge is 0.477 e. The number of nitrogens with zero attached hydrogens (tertiary/aromatic N) is 1. The van der Waals surface area contributed by atoms with Gasteiger partial charge in [-0.2, -0.15) is 0 Å². The van der Waals surface area contributed by atoms with Crippen molar-refractivity contribution in [2.24, 2.45) is 5.92 Å². The van der Waals surface area contributed by atoms with Crippen LogP contribution < -0.4 is 10.1 Å². The Morgan fingerprint density at radius 2 is 2.21 bits per heavy atom. The fraction of sp³-hybridized carbons (Fsp3) is 0.688. The van der Waals surface area contributed by atoms with E-state index >= 15 is 0 Å². The number of ether oxygens (including phenoxy) is 1. The first-order chi connectivity index (χ1) is 9.17. The van der Waals surface area contributed by atoms with Gasteiger partial charge >= 0.3 is 0 Å². The van der Waals surface area contributed by atoms with Crippen LogP contribution in [0.3, 0.4) is 0 Å². The number of hydrogen-bond acceptors (Lipinski definition) is 3. The topological polar surface area (TPSA) is 34.1 Å². The number of nitrogens with one attached hydrogen (secondary N) is 1. The molecule has 0 spiro atoms. The van der Waals surface area contributed by atoms with Gasteiger partial charge in [-0.05, 0) is 43.7 Å². The minimum atomic E-state index is 0.598. The lowest BCUT2D eigenvalue weighted by molar-refractivity contribution is 0.242. The Hall–Kier alpha value is -1.09. The second kappa shape index (κ2) is 6.90. The molecular weight excluding hydrogens is 236 g/mol. The first kappa shape index (κ1) is 14.3. The van der Waals surface area contributed by atoms with Crippen molar-refractivity contribution in [3.05, 3.63) is 23.4 Å². The number of aryl methyl sites for hydroxylation is 1. The van der Waals surface area contributed by atoms with E-state index in [0.717, 1.165) is 30.8 Å². The van der Waals surface area contributed by atoms with Gasteiger partial charge in [0.2, 0.25) is 5.88 Å². The maximum atomic E-state index is 5.83. The molecule has 1 aliphatic rings. The number of aromatic nitrogens is 1. The molecule has 1 unspecified atom stereocenters. The van der Waals surface area contributed by atoms with Crippen LogP contribution in [-0.2, 0) is 6.54 Å². The summed E-state index contributed by atoms with van der Waals surface area (Å²) in [7, 11) is 0. The minimum Gasteiger partial charge on any atom is -0.477 e. The maximum Gasteiger partial charge on any atom is 0.213 e. The number of hydrogen-bond donors (Lipinski definition) is 1. The van der Waals surface area contributed by atoms with E-state index in [1.165, 1.54) is 31.2 Å². The van der Waals surface area contributed by atoms with Gasteiger partial charge in [0.1, 0.15) is 0 Å². The fourth-order valence-electron chi connectivity index (χ4n) is 2.24. The molecule has 0 radical (unpaired) electrons. The molecule has 19 heavy (non-hydrogen) atoms. The van der Waals surface area contributed by atoms with Gasteiger partial charge in [0.25, 0.3) is 0 Å². The van der Waals surface area contributed by atoms with E-state index in [1.807, 2.05) is 6.92 Å².